The third-order valence-electron chi connectivity index (χ3n) is 6.15. The van der Waals surface area contributed by atoms with Gasteiger partial charge in [-0.3, -0.25) is 13.9 Å². The normalized spacial score (nSPS) is 15.9. The molecule has 2 aromatic carbocycles. The zero-order valence-corrected chi connectivity index (χ0v) is 19.1. The van der Waals surface area contributed by atoms with E-state index >= 15 is 0 Å². The lowest BCUT2D eigenvalue weighted by atomic mass is 9.99. The van der Waals surface area contributed by atoms with Crippen LogP contribution in [0.4, 0.5) is 0 Å². The number of hydrogen-bond donors (Lipinski definition) is 0. The van der Waals surface area contributed by atoms with E-state index in [2.05, 4.69) is 33.5 Å². The van der Waals surface area contributed by atoms with Gasteiger partial charge in [-0.1, -0.05) is 58.4 Å². The molecule has 1 aliphatic rings. The molecule has 0 saturated heterocycles. The van der Waals surface area contributed by atoms with Crippen molar-refractivity contribution < 1.29 is 4.74 Å². The van der Waals surface area contributed by atoms with Gasteiger partial charge < -0.3 is 9.30 Å². The summed E-state index contributed by atoms with van der Waals surface area (Å²) in [6.07, 6.45) is -0.369. The highest BCUT2D eigenvalue weighted by Crippen LogP contribution is 2.42. The zero-order valence-electron chi connectivity index (χ0n) is 17.6. The fraction of sp³-hybridized carbons (Fsp3) is 0.250. The van der Waals surface area contributed by atoms with Gasteiger partial charge >= 0.3 is 5.69 Å². The highest BCUT2D eigenvalue weighted by atomic mass is 79.9. The van der Waals surface area contributed by atoms with Crippen molar-refractivity contribution >= 4 is 26.8 Å². The fourth-order valence-corrected chi connectivity index (χ4v) is 5.10. The fourth-order valence-electron chi connectivity index (χ4n) is 4.63. The van der Waals surface area contributed by atoms with Crippen molar-refractivity contribution in [2.75, 3.05) is 6.61 Å². The van der Waals surface area contributed by atoms with Gasteiger partial charge in [-0.25, -0.2) is 4.79 Å². The Hall–Kier alpha value is -2.90. The summed E-state index contributed by atoms with van der Waals surface area (Å²) < 4.78 is 12.1. The first-order valence-electron chi connectivity index (χ1n) is 10.2. The van der Waals surface area contributed by atoms with Gasteiger partial charge in [-0.15, -0.1) is 0 Å². The molecule has 0 radical (unpaired) electrons. The van der Waals surface area contributed by atoms with Crippen LogP contribution in [0.25, 0.3) is 22.2 Å². The summed E-state index contributed by atoms with van der Waals surface area (Å²) in [6, 6.07) is 15.9. The quantitative estimate of drug-likeness (QED) is 0.438. The van der Waals surface area contributed by atoms with Gasteiger partial charge in [0.05, 0.1) is 28.9 Å². The van der Waals surface area contributed by atoms with Crippen molar-refractivity contribution in [3.63, 3.8) is 0 Å². The van der Waals surface area contributed by atoms with Crippen LogP contribution in [-0.4, -0.2) is 20.3 Å². The van der Waals surface area contributed by atoms with Crippen molar-refractivity contribution in [2.45, 2.75) is 19.6 Å². The third-order valence-corrected chi connectivity index (χ3v) is 6.84. The lowest BCUT2D eigenvalue weighted by Crippen LogP contribution is -2.37. The number of ether oxygens (including phenoxy) is 1. The number of aryl methyl sites for hydroxylation is 2. The molecule has 0 spiro atoms. The van der Waals surface area contributed by atoms with Crippen molar-refractivity contribution in [2.24, 2.45) is 14.1 Å². The van der Waals surface area contributed by atoms with Crippen LogP contribution in [0.2, 0.25) is 0 Å². The molecule has 6 nitrogen and oxygen atoms in total. The molecule has 0 amide bonds. The van der Waals surface area contributed by atoms with E-state index in [9.17, 15) is 9.59 Å². The lowest BCUT2D eigenvalue weighted by molar-refractivity contribution is 0.0475. The van der Waals surface area contributed by atoms with Crippen molar-refractivity contribution in [3.05, 3.63) is 90.7 Å². The zero-order chi connectivity index (χ0) is 21.9. The van der Waals surface area contributed by atoms with Crippen LogP contribution < -0.4 is 11.2 Å². The molecule has 0 bridgehead atoms. The molecule has 3 heterocycles. The Balaban J connectivity index is 1.99. The largest absolute Gasteiger partial charge is 0.365 e. The second-order valence-corrected chi connectivity index (χ2v) is 8.76. The second kappa shape index (κ2) is 7.35. The Kier molecular flexibility index (Phi) is 4.75. The molecule has 7 heteroatoms. The molecule has 0 fully saturated rings. The Morgan fingerprint density at radius 2 is 1.71 bits per heavy atom. The van der Waals surface area contributed by atoms with Crippen LogP contribution >= 0.6 is 15.9 Å². The number of aromatic nitrogens is 3. The number of halogens is 1. The predicted molar refractivity (Wildman–Crippen MR) is 125 cm³/mol. The maximum absolute atomic E-state index is 13.4. The first-order chi connectivity index (χ1) is 14.9. The first kappa shape index (κ1) is 20.0. The van der Waals surface area contributed by atoms with Gasteiger partial charge in [-0.05, 0) is 24.1 Å². The third kappa shape index (κ3) is 2.87. The number of hydrogen-bond acceptors (Lipinski definition) is 3. The molecule has 4 aromatic rings. The van der Waals surface area contributed by atoms with Crippen LogP contribution in [0.1, 0.15) is 22.9 Å². The molecule has 0 unspecified atom stereocenters. The Morgan fingerprint density at radius 3 is 2.45 bits per heavy atom. The van der Waals surface area contributed by atoms with E-state index in [0.717, 1.165) is 32.6 Å². The van der Waals surface area contributed by atoms with E-state index in [1.54, 1.807) is 11.6 Å². The van der Waals surface area contributed by atoms with E-state index in [1.807, 2.05) is 42.5 Å². The molecule has 0 N–H and O–H groups in total. The van der Waals surface area contributed by atoms with Gasteiger partial charge in [0.25, 0.3) is 5.56 Å². The number of fused-ring (bicyclic) bond motifs is 3. The molecule has 1 atom stereocenters. The molecule has 0 saturated carbocycles. The Labute approximate surface area is 187 Å². The van der Waals surface area contributed by atoms with E-state index in [4.69, 9.17) is 4.74 Å². The summed E-state index contributed by atoms with van der Waals surface area (Å²) in [5, 5.41) is 0.538. The smallest absolute Gasteiger partial charge is 0.331 e. The molecule has 0 aliphatic carbocycles. The molecular weight excluding hydrogens is 458 g/mol. The molecule has 2 aromatic heterocycles. The van der Waals surface area contributed by atoms with Gasteiger partial charge in [-0.2, -0.15) is 0 Å². The molecule has 5 rings (SSSR count). The summed E-state index contributed by atoms with van der Waals surface area (Å²) in [5.41, 5.74) is 4.70. The minimum absolute atomic E-state index is 0.297. The summed E-state index contributed by atoms with van der Waals surface area (Å²) in [4.78, 5) is 26.3. The predicted octanol–water partition coefficient (Wildman–Crippen LogP) is 3.90. The average molecular weight is 480 g/mol. The molecule has 158 valence electrons. The van der Waals surface area contributed by atoms with Crippen molar-refractivity contribution in [3.8, 4) is 11.3 Å². The van der Waals surface area contributed by atoms with Crippen molar-refractivity contribution in [1.82, 2.24) is 13.7 Å². The minimum Gasteiger partial charge on any atom is -0.365 e. The summed E-state index contributed by atoms with van der Waals surface area (Å²) in [6.45, 7) is 3.16. The van der Waals surface area contributed by atoms with Gasteiger partial charge in [0, 0.05) is 30.7 Å². The average Bonchev–Trinajstić information content (AvgIpc) is 3.12. The molecular formula is C24H22BrN3O3. The number of rotatable bonds is 2. The molecule has 1 aliphatic heterocycles. The van der Waals surface area contributed by atoms with E-state index < -0.39 is 0 Å². The minimum atomic E-state index is -0.369. The summed E-state index contributed by atoms with van der Waals surface area (Å²) in [5.74, 6) is 0. The highest BCUT2D eigenvalue weighted by Gasteiger charge is 2.33. The second-order valence-electron chi connectivity index (χ2n) is 7.90. The van der Waals surface area contributed by atoms with Crippen LogP contribution in [0.3, 0.4) is 0 Å². The highest BCUT2D eigenvalue weighted by molar-refractivity contribution is 9.10. The first-order valence-corrected chi connectivity index (χ1v) is 10.9. The number of nitrogens with zero attached hydrogens (tertiary/aromatic N) is 3. The van der Waals surface area contributed by atoms with Gasteiger partial charge in [0.1, 0.15) is 6.10 Å². The topological polar surface area (TPSA) is 58.2 Å². The molecule has 31 heavy (non-hydrogen) atoms. The van der Waals surface area contributed by atoms with Crippen LogP contribution in [-0.2, 0) is 25.4 Å². The monoisotopic (exact) mass is 479 g/mol. The van der Waals surface area contributed by atoms with Crippen molar-refractivity contribution in [1.29, 1.82) is 0 Å². The van der Waals surface area contributed by atoms with Gasteiger partial charge in [0.2, 0.25) is 0 Å². The summed E-state index contributed by atoms with van der Waals surface area (Å²) in [7, 11) is 3.25. The Bertz CT molecular complexity index is 1460. The van der Waals surface area contributed by atoms with Crippen LogP contribution in [0.15, 0.2) is 62.6 Å². The standard InChI is InChI=1S/C24H22BrN3O3/c1-14-8-4-5-9-15(14)22-21-20-18(23(29)27(3)24(30)26(20)2)19(28(21)12-13-31-22)16-10-6-7-11-17(16)25/h4-11,22H,12-13H2,1-3H3/t22-/m0/s1. The Morgan fingerprint density at radius 1 is 1.00 bits per heavy atom. The van der Waals surface area contributed by atoms with E-state index in [-0.39, 0.29) is 17.4 Å². The maximum Gasteiger partial charge on any atom is 0.331 e. The SMILES string of the molecule is Cc1ccccc1[C@@H]1OCCn2c(-c3ccccc3Br)c3c(=O)n(C)c(=O)n(C)c3c21. The lowest BCUT2D eigenvalue weighted by Gasteiger charge is -2.28. The summed E-state index contributed by atoms with van der Waals surface area (Å²) >= 11 is 3.66. The van der Waals surface area contributed by atoms with E-state index in [0.29, 0.717) is 24.1 Å². The maximum atomic E-state index is 13.4. The van der Waals surface area contributed by atoms with Gasteiger partial charge in [0.15, 0.2) is 0 Å². The van der Waals surface area contributed by atoms with Crippen LogP contribution in [0, 0.1) is 6.92 Å². The van der Waals surface area contributed by atoms with Crippen LogP contribution in [0.5, 0.6) is 0 Å². The number of benzene rings is 2. The van der Waals surface area contributed by atoms with E-state index in [1.165, 1.54) is 11.6 Å².